The summed E-state index contributed by atoms with van der Waals surface area (Å²) in [7, 11) is 0. The van der Waals surface area contributed by atoms with Gasteiger partial charge in [-0.25, -0.2) is 0 Å². The summed E-state index contributed by atoms with van der Waals surface area (Å²) in [6.07, 6.45) is 0. The Hall–Kier alpha value is -0.180. The monoisotopic (exact) mass is 159 g/mol. The molecular weight excluding hydrogens is 146 g/mol. The quantitative estimate of drug-likeness (QED) is 0.632. The van der Waals surface area contributed by atoms with Gasteiger partial charge in [0, 0.05) is 11.3 Å². The third-order valence-electron chi connectivity index (χ3n) is 1.80. The van der Waals surface area contributed by atoms with Crippen molar-refractivity contribution in [2.24, 2.45) is 5.92 Å². The molecule has 1 saturated heterocycles. The predicted molar refractivity (Wildman–Crippen MR) is 44.2 cm³/mol. The molecule has 0 radical (unpaired) electrons. The third-order valence-corrected chi connectivity index (χ3v) is 2.80. The van der Waals surface area contributed by atoms with Gasteiger partial charge in [0.25, 0.3) is 5.24 Å². The lowest BCUT2D eigenvalue weighted by Gasteiger charge is -2.17. The van der Waals surface area contributed by atoms with E-state index in [2.05, 4.69) is 26.1 Å². The second kappa shape index (κ2) is 2.82. The van der Waals surface area contributed by atoms with Crippen LogP contribution in [0.4, 0.5) is 4.79 Å². The molecule has 0 aromatic rings. The van der Waals surface area contributed by atoms with Crippen LogP contribution in [0.2, 0.25) is 0 Å². The maximum atomic E-state index is 10.8. The number of hydrogen-bond acceptors (Lipinski definition) is 2. The van der Waals surface area contributed by atoms with Gasteiger partial charge in [0.15, 0.2) is 0 Å². The van der Waals surface area contributed by atoms with Crippen LogP contribution < -0.4 is 5.32 Å². The highest BCUT2D eigenvalue weighted by Gasteiger charge is 2.31. The zero-order valence-electron chi connectivity index (χ0n) is 6.55. The Morgan fingerprint density at radius 1 is 1.60 bits per heavy atom. The molecule has 1 heterocycles. The van der Waals surface area contributed by atoms with Gasteiger partial charge in [0.05, 0.1) is 0 Å². The van der Waals surface area contributed by atoms with Crippen LogP contribution in [0.1, 0.15) is 20.8 Å². The number of carbonyl (C=O) groups excluding carboxylic acids is 1. The summed E-state index contributed by atoms with van der Waals surface area (Å²) in [6.45, 7) is 6.36. The van der Waals surface area contributed by atoms with Crippen LogP contribution in [0, 0.1) is 5.92 Å². The maximum Gasteiger partial charge on any atom is 0.279 e. The molecule has 1 amide bonds. The van der Waals surface area contributed by atoms with Crippen molar-refractivity contribution in [1.82, 2.24) is 5.32 Å². The lowest BCUT2D eigenvalue weighted by molar-refractivity contribution is 0.257. The van der Waals surface area contributed by atoms with Crippen molar-refractivity contribution in [3.05, 3.63) is 0 Å². The third kappa shape index (κ3) is 1.45. The molecule has 1 fully saturated rings. The van der Waals surface area contributed by atoms with E-state index in [0.29, 0.717) is 17.2 Å². The molecule has 0 bridgehead atoms. The first-order valence-corrected chi connectivity index (χ1v) is 4.46. The first-order valence-electron chi connectivity index (χ1n) is 3.58. The first kappa shape index (κ1) is 7.92. The van der Waals surface area contributed by atoms with Crippen molar-refractivity contribution in [3.63, 3.8) is 0 Å². The Kier molecular flexibility index (Phi) is 2.24. The molecule has 0 aliphatic carbocycles. The average molecular weight is 159 g/mol. The molecule has 2 atom stereocenters. The molecule has 0 saturated carbocycles. The molecule has 0 aromatic heterocycles. The van der Waals surface area contributed by atoms with Crippen molar-refractivity contribution in [2.75, 3.05) is 0 Å². The minimum atomic E-state index is 0.131. The highest BCUT2D eigenvalue weighted by atomic mass is 32.2. The van der Waals surface area contributed by atoms with E-state index in [0.717, 1.165) is 0 Å². The molecule has 1 rings (SSSR count). The highest BCUT2D eigenvalue weighted by molar-refractivity contribution is 8.14. The smallest absolute Gasteiger partial charge is 0.279 e. The minimum Gasteiger partial charge on any atom is -0.343 e. The van der Waals surface area contributed by atoms with Gasteiger partial charge < -0.3 is 5.32 Å². The van der Waals surface area contributed by atoms with Crippen LogP contribution in [-0.2, 0) is 0 Å². The molecule has 0 aromatic carbocycles. The fraction of sp³-hybridized carbons (Fsp3) is 0.857. The van der Waals surface area contributed by atoms with Crippen LogP contribution in [-0.4, -0.2) is 16.5 Å². The van der Waals surface area contributed by atoms with Gasteiger partial charge in [-0.15, -0.1) is 0 Å². The Balaban J connectivity index is 2.54. The summed E-state index contributed by atoms with van der Waals surface area (Å²) in [5.41, 5.74) is 0. The highest BCUT2D eigenvalue weighted by Crippen LogP contribution is 2.26. The van der Waals surface area contributed by atoms with Gasteiger partial charge in [-0.1, -0.05) is 32.5 Å². The molecule has 1 N–H and O–H groups in total. The van der Waals surface area contributed by atoms with E-state index in [1.54, 1.807) is 0 Å². The van der Waals surface area contributed by atoms with Crippen molar-refractivity contribution >= 4 is 17.0 Å². The van der Waals surface area contributed by atoms with Crippen LogP contribution in [0.3, 0.4) is 0 Å². The molecule has 2 nitrogen and oxygen atoms in total. The molecule has 2 unspecified atom stereocenters. The molecule has 58 valence electrons. The van der Waals surface area contributed by atoms with Gasteiger partial charge in [0.2, 0.25) is 0 Å². The van der Waals surface area contributed by atoms with Crippen LogP contribution in [0.25, 0.3) is 0 Å². The van der Waals surface area contributed by atoms with E-state index in [9.17, 15) is 4.79 Å². The van der Waals surface area contributed by atoms with Gasteiger partial charge in [-0.2, -0.15) is 0 Å². The SMILES string of the molecule is CC(C)C1NC(=O)SC1C. The molecule has 1 aliphatic heterocycles. The summed E-state index contributed by atoms with van der Waals surface area (Å²) < 4.78 is 0. The number of thioether (sulfide) groups is 1. The average Bonchev–Trinajstić information content (AvgIpc) is 2.10. The molecular formula is C7H13NOS. The Morgan fingerprint density at radius 3 is 2.40 bits per heavy atom. The van der Waals surface area contributed by atoms with Gasteiger partial charge in [-0.3, -0.25) is 4.79 Å². The largest absolute Gasteiger partial charge is 0.343 e. The second-order valence-electron chi connectivity index (χ2n) is 3.02. The zero-order chi connectivity index (χ0) is 7.72. The van der Waals surface area contributed by atoms with Crippen molar-refractivity contribution in [3.8, 4) is 0 Å². The van der Waals surface area contributed by atoms with Gasteiger partial charge in [0.1, 0.15) is 0 Å². The Morgan fingerprint density at radius 2 is 2.20 bits per heavy atom. The fourth-order valence-electron chi connectivity index (χ4n) is 1.24. The minimum absolute atomic E-state index is 0.131. The fourth-order valence-corrected chi connectivity index (χ4v) is 2.31. The van der Waals surface area contributed by atoms with Crippen molar-refractivity contribution in [1.29, 1.82) is 0 Å². The van der Waals surface area contributed by atoms with E-state index < -0.39 is 0 Å². The van der Waals surface area contributed by atoms with E-state index >= 15 is 0 Å². The van der Waals surface area contributed by atoms with Crippen molar-refractivity contribution in [2.45, 2.75) is 32.1 Å². The lowest BCUT2D eigenvalue weighted by atomic mass is 10.0. The second-order valence-corrected chi connectivity index (χ2v) is 4.37. The number of carbonyl (C=O) groups is 1. The van der Waals surface area contributed by atoms with E-state index in [-0.39, 0.29) is 5.24 Å². The van der Waals surface area contributed by atoms with Crippen LogP contribution in [0.5, 0.6) is 0 Å². The molecule has 3 heteroatoms. The summed E-state index contributed by atoms with van der Waals surface area (Å²) in [5, 5.41) is 3.50. The maximum absolute atomic E-state index is 10.8. The summed E-state index contributed by atoms with van der Waals surface area (Å²) in [5.74, 6) is 0.550. The number of hydrogen-bond donors (Lipinski definition) is 1. The van der Waals surface area contributed by atoms with Crippen LogP contribution in [0.15, 0.2) is 0 Å². The molecule has 0 spiro atoms. The Bertz CT molecular complexity index is 147. The predicted octanol–water partition coefficient (Wildman–Crippen LogP) is 1.86. The molecule has 10 heavy (non-hydrogen) atoms. The standard InChI is InChI=1S/C7H13NOS/c1-4(2)6-5(3)10-7(9)8-6/h4-6H,1-3H3,(H,8,9). The van der Waals surface area contributed by atoms with E-state index in [4.69, 9.17) is 0 Å². The Labute approximate surface area is 65.8 Å². The topological polar surface area (TPSA) is 29.1 Å². The van der Waals surface area contributed by atoms with Crippen LogP contribution >= 0.6 is 11.8 Å². The normalized spacial score (nSPS) is 33.0. The van der Waals surface area contributed by atoms with E-state index in [1.807, 2.05) is 0 Å². The van der Waals surface area contributed by atoms with Gasteiger partial charge >= 0.3 is 0 Å². The van der Waals surface area contributed by atoms with Crippen molar-refractivity contribution < 1.29 is 4.79 Å². The number of rotatable bonds is 1. The zero-order valence-corrected chi connectivity index (χ0v) is 7.37. The van der Waals surface area contributed by atoms with Gasteiger partial charge in [-0.05, 0) is 5.92 Å². The summed E-state index contributed by atoms with van der Waals surface area (Å²) >= 11 is 1.41. The summed E-state index contributed by atoms with van der Waals surface area (Å²) in [4.78, 5) is 10.8. The summed E-state index contributed by atoms with van der Waals surface area (Å²) in [6, 6.07) is 0.373. The number of amides is 1. The molecule has 1 aliphatic rings. The van der Waals surface area contributed by atoms with E-state index in [1.165, 1.54) is 11.8 Å². The number of nitrogens with one attached hydrogen (secondary N) is 1. The lowest BCUT2D eigenvalue weighted by Crippen LogP contribution is -2.34. The first-order chi connectivity index (χ1) is 4.61.